The lowest BCUT2D eigenvalue weighted by molar-refractivity contribution is -0.132. The Balaban J connectivity index is 1.40. The van der Waals surface area contributed by atoms with Gasteiger partial charge in [-0.15, -0.1) is 0 Å². The fraction of sp³-hybridized carbons (Fsp3) is 0.409. The van der Waals surface area contributed by atoms with Crippen LogP contribution in [0.2, 0.25) is 0 Å². The molecule has 0 unspecified atom stereocenters. The highest BCUT2D eigenvalue weighted by atomic mass is 19.1. The molecular weight excluding hydrogens is 364 g/mol. The van der Waals surface area contributed by atoms with Crippen molar-refractivity contribution in [1.29, 1.82) is 0 Å². The van der Waals surface area contributed by atoms with Crippen LogP contribution in [0.1, 0.15) is 36.8 Å². The van der Waals surface area contributed by atoms with Crippen LogP contribution >= 0.6 is 0 Å². The van der Waals surface area contributed by atoms with Crippen LogP contribution in [0.5, 0.6) is 11.5 Å². The van der Waals surface area contributed by atoms with E-state index in [4.69, 9.17) is 9.47 Å². The number of hydrogen-bond donors (Lipinski definition) is 0. The van der Waals surface area contributed by atoms with Gasteiger partial charge in [0.2, 0.25) is 5.91 Å². The topological polar surface area (TPSA) is 38.8 Å². The summed E-state index contributed by atoms with van der Waals surface area (Å²) >= 11 is 0. The van der Waals surface area contributed by atoms with Crippen molar-refractivity contribution in [3.63, 3.8) is 0 Å². The first-order valence-electron chi connectivity index (χ1n) is 9.72. The van der Waals surface area contributed by atoms with Crippen LogP contribution in [0.25, 0.3) is 0 Å². The van der Waals surface area contributed by atoms with Gasteiger partial charge in [-0.25, -0.2) is 8.78 Å². The van der Waals surface area contributed by atoms with Crippen molar-refractivity contribution in [3.05, 3.63) is 59.2 Å². The van der Waals surface area contributed by atoms with Crippen LogP contribution in [-0.4, -0.2) is 30.1 Å². The summed E-state index contributed by atoms with van der Waals surface area (Å²) < 4.78 is 38.5. The standard InChI is InChI=1S/C22H23F2NO3/c23-17-5-4-16(19(24)13-17)14-25(18-6-7-18)22(26)9-3-15-2-8-20-21(12-15)28-11-1-10-27-20/h2,4-5,8,12-13,18H,1,3,6-7,9-11,14H2. The molecule has 28 heavy (non-hydrogen) atoms. The molecule has 1 aliphatic carbocycles. The van der Waals surface area contributed by atoms with Gasteiger partial charge in [0.25, 0.3) is 0 Å². The van der Waals surface area contributed by atoms with Crippen LogP contribution in [0.3, 0.4) is 0 Å². The Morgan fingerprint density at radius 1 is 1.04 bits per heavy atom. The van der Waals surface area contributed by atoms with E-state index in [1.165, 1.54) is 12.1 Å². The van der Waals surface area contributed by atoms with E-state index in [-0.39, 0.29) is 18.5 Å². The van der Waals surface area contributed by atoms with Crippen molar-refractivity contribution in [2.75, 3.05) is 13.2 Å². The number of benzene rings is 2. The van der Waals surface area contributed by atoms with Gasteiger partial charge in [0.1, 0.15) is 11.6 Å². The van der Waals surface area contributed by atoms with Crippen molar-refractivity contribution >= 4 is 5.91 Å². The monoisotopic (exact) mass is 387 g/mol. The van der Waals surface area contributed by atoms with Crippen molar-refractivity contribution < 1.29 is 23.0 Å². The number of rotatable bonds is 6. The Morgan fingerprint density at radius 2 is 1.82 bits per heavy atom. The van der Waals surface area contributed by atoms with E-state index in [0.29, 0.717) is 31.6 Å². The molecule has 1 fully saturated rings. The van der Waals surface area contributed by atoms with Gasteiger partial charge in [-0.1, -0.05) is 12.1 Å². The molecule has 148 valence electrons. The predicted octanol–water partition coefficient (Wildman–Crippen LogP) is 4.25. The zero-order valence-corrected chi connectivity index (χ0v) is 15.6. The summed E-state index contributed by atoms with van der Waals surface area (Å²) in [4.78, 5) is 14.5. The third-order valence-electron chi connectivity index (χ3n) is 5.10. The first-order chi connectivity index (χ1) is 13.6. The van der Waals surface area contributed by atoms with Crippen LogP contribution in [0.4, 0.5) is 8.78 Å². The van der Waals surface area contributed by atoms with Crippen LogP contribution in [0.15, 0.2) is 36.4 Å². The third-order valence-corrected chi connectivity index (χ3v) is 5.10. The zero-order valence-electron chi connectivity index (χ0n) is 15.6. The second-order valence-electron chi connectivity index (χ2n) is 7.32. The number of aryl methyl sites for hydroxylation is 1. The fourth-order valence-corrected chi connectivity index (χ4v) is 3.40. The number of ether oxygens (including phenoxy) is 2. The van der Waals surface area contributed by atoms with E-state index in [9.17, 15) is 13.6 Å². The molecule has 0 aromatic heterocycles. The molecule has 1 amide bonds. The van der Waals surface area contributed by atoms with Crippen LogP contribution in [0, 0.1) is 11.6 Å². The lowest BCUT2D eigenvalue weighted by atomic mass is 10.1. The maximum absolute atomic E-state index is 14.0. The summed E-state index contributed by atoms with van der Waals surface area (Å²) in [6, 6.07) is 9.41. The zero-order chi connectivity index (χ0) is 19.5. The average Bonchev–Trinajstić information content (AvgIpc) is 3.52. The lowest BCUT2D eigenvalue weighted by Gasteiger charge is -2.23. The van der Waals surface area contributed by atoms with E-state index in [1.54, 1.807) is 4.90 Å². The Hall–Kier alpha value is -2.63. The number of halogens is 2. The number of carbonyl (C=O) groups is 1. The van der Waals surface area contributed by atoms with Crippen molar-refractivity contribution in [2.24, 2.45) is 0 Å². The highest BCUT2D eigenvalue weighted by Gasteiger charge is 2.32. The first-order valence-corrected chi connectivity index (χ1v) is 9.72. The maximum Gasteiger partial charge on any atom is 0.223 e. The van der Waals surface area contributed by atoms with E-state index in [2.05, 4.69) is 0 Å². The number of hydrogen-bond acceptors (Lipinski definition) is 3. The van der Waals surface area contributed by atoms with E-state index < -0.39 is 11.6 Å². The fourth-order valence-electron chi connectivity index (χ4n) is 3.40. The summed E-state index contributed by atoms with van der Waals surface area (Å²) in [5.74, 6) is 0.216. The third kappa shape index (κ3) is 4.43. The summed E-state index contributed by atoms with van der Waals surface area (Å²) in [5.41, 5.74) is 1.35. The minimum absolute atomic E-state index is 0.0154. The van der Waals surface area contributed by atoms with Crippen molar-refractivity contribution in [3.8, 4) is 11.5 Å². The Kier molecular flexibility index (Phi) is 5.46. The van der Waals surface area contributed by atoms with Gasteiger partial charge < -0.3 is 14.4 Å². The summed E-state index contributed by atoms with van der Waals surface area (Å²) in [6.45, 7) is 1.44. The molecule has 2 aromatic carbocycles. The van der Waals surface area contributed by atoms with Crippen molar-refractivity contribution in [2.45, 2.75) is 44.7 Å². The first kappa shape index (κ1) is 18.7. The minimum Gasteiger partial charge on any atom is -0.490 e. The number of fused-ring (bicyclic) bond motifs is 1. The quantitative estimate of drug-likeness (QED) is 0.744. The van der Waals surface area contributed by atoms with Crippen LogP contribution < -0.4 is 9.47 Å². The van der Waals surface area contributed by atoms with E-state index in [1.807, 2.05) is 18.2 Å². The molecule has 1 heterocycles. The highest BCUT2D eigenvalue weighted by Crippen LogP contribution is 2.32. The molecule has 2 aliphatic rings. The molecule has 0 atom stereocenters. The van der Waals surface area contributed by atoms with Gasteiger partial charge in [-0.3, -0.25) is 4.79 Å². The molecule has 0 bridgehead atoms. The number of nitrogens with zero attached hydrogens (tertiary/aromatic N) is 1. The van der Waals surface area contributed by atoms with Gasteiger partial charge in [0, 0.05) is 37.1 Å². The molecule has 1 saturated carbocycles. The average molecular weight is 387 g/mol. The molecular formula is C22H23F2NO3. The smallest absolute Gasteiger partial charge is 0.223 e. The summed E-state index contributed by atoms with van der Waals surface area (Å²) in [6.07, 6.45) is 3.61. The van der Waals surface area contributed by atoms with Crippen molar-refractivity contribution in [1.82, 2.24) is 4.90 Å². The molecule has 6 heteroatoms. The van der Waals surface area contributed by atoms with E-state index >= 15 is 0 Å². The van der Waals surface area contributed by atoms with Gasteiger partial charge in [-0.05, 0) is 43.0 Å². The molecule has 0 saturated heterocycles. The molecule has 2 aromatic rings. The summed E-state index contributed by atoms with van der Waals surface area (Å²) in [5, 5.41) is 0. The molecule has 0 spiro atoms. The highest BCUT2D eigenvalue weighted by molar-refractivity contribution is 5.77. The second kappa shape index (κ2) is 8.17. The number of amides is 1. The molecule has 1 aliphatic heterocycles. The largest absolute Gasteiger partial charge is 0.490 e. The Bertz CT molecular complexity index is 867. The lowest BCUT2D eigenvalue weighted by Crippen LogP contribution is -2.33. The van der Waals surface area contributed by atoms with Gasteiger partial charge in [0.05, 0.1) is 13.2 Å². The summed E-state index contributed by atoms with van der Waals surface area (Å²) in [7, 11) is 0. The van der Waals surface area contributed by atoms with Gasteiger partial charge in [-0.2, -0.15) is 0 Å². The van der Waals surface area contributed by atoms with Gasteiger partial charge >= 0.3 is 0 Å². The normalized spacial score (nSPS) is 15.8. The number of carbonyl (C=O) groups excluding carboxylic acids is 1. The molecule has 0 radical (unpaired) electrons. The minimum atomic E-state index is -0.611. The Labute approximate surface area is 163 Å². The SMILES string of the molecule is O=C(CCc1ccc2c(c1)OCCCO2)N(Cc1ccc(F)cc1F)C1CC1. The van der Waals surface area contributed by atoms with Crippen LogP contribution in [-0.2, 0) is 17.8 Å². The Morgan fingerprint density at radius 3 is 2.57 bits per heavy atom. The molecule has 4 nitrogen and oxygen atoms in total. The maximum atomic E-state index is 14.0. The second-order valence-corrected chi connectivity index (χ2v) is 7.32. The molecule has 0 N–H and O–H groups in total. The molecule has 4 rings (SSSR count). The predicted molar refractivity (Wildman–Crippen MR) is 100 cm³/mol. The van der Waals surface area contributed by atoms with E-state index in [0.717, 1.165) is 42.4 Å². The van der Waals surface area contributed by atoms with Gasteiger partial charge in [0.15, 0.2) is 11.5 Å².